The van der Waals surface area contributed by atoms with Gasteiger partial charge in [0.05, 0.1) is 11.9 Å². The summed E-state index contributed by atoms with van der Waals surface area (Å²) in [5, 5.41) is 18.2. The molecule has 0 saturated carbocycles. The minimum absolute atomic E-state index is 0.00203. The quantitative estimate of drug-likeness (QED) is 0.355. The maximum Gasteiger partial charge on any atom is 0.183 e. The number of aromatic nitrogens is 3. The fourth-order valence-corrected chi connectivity index (χ4v) is 2.64. The highest BCUT2D eigenvalue weighted by Crippen LogP contribution is 2.16. The Hall–Kier alpha value is -3.66. The molecule has 32 heavy (non-hydrogen) atoms. The third-order valence-corrected chi connectivity index (χ3v) is 4.88. The number of nitrogens with two attached hydrogens (primary N) is 1. The zero-order valence-electron chi connectivity index (χ0n) is 17.8. The maximum atomic E-state index is 14.2. The summed E-state index contributed by atoms with van der Waals surface area (Å²) < 4.78 is 33.0. The largest absolute Gasteiger partial charge is 0.379 e. The van der Waals surface area contributed by atoms with Crippen LogP contribution in [0.3, 0.4) is 0 Å². The minimum atomic E-state index is -0.646. The lowest BCUT2D eigenvalue weighted by Crippen LogP contribution is -2.42. The van der Waals surface area contributed by atoms with Crippen molar-refractivity contribution in [2.45, 2.75) is 32.4 Å². The van der Waals surface area contributed by atoms with Crippen molar-refractivity contribution in [2.24, 2.45) is 5.73 Å². The van der Waals surface area contributed by atoms with Gasteiger partial charge >= 0.3 is 0 Å². The Balaban J connectivity index is 1.82. The molecule has 0 radical (unpaired) electrons. The number of hydrogen-bond donors (Lipinski definition) is 4. The second-order valence-corrected chi connectivity index (χ2v) is 7.55. The summed E-state index contributed by atoms with van der Waals surface area (Å²) in [4.78, 5) is 8.03. The van der Waals surface area contributed by atoms with Gasteiger partial charge in [0.15, 0.2) is 17.5 Å². The molecule has 10 heteroatoms. The normalized spacial score (nSPS) is 13.5. The SMILES string of the molecule is CCC(C)(N)CNc1nc(C(=N)/C=C(\NCc2ccccc2F)c2ccon2)ncc1F. The lowest BCUT2D eigenvalue weighted by molar-refractivity contribution is 0.417. The minimum Gasteiger partial charge on any atom is -0.379 e. The Bertz CT molecular complexity index is 1100. The van der Waals surface area contributed by atoms with Gasteiger partial charge in [-0.05, 0) is 25.5 Å². The first-order valence-electron chi connectivity index (χ1n) is 10.0. The van der Waals surface area contributed by atoms with Gasteiger partial charge < -0.3 is 20.9 Å². The number of hydrogen-bond acceptors (Lipinski definition) is 8. The Morgan fingerprint density at radius 1 is 1.25 bits per heavy atom. The summed E-state index contributed by atoms with van der Waals surface area (Å²) in [6.45, 7) is 4.23. The second-order valence-electron chi connectivity index (χ2n) is 7.55. The van der Waals surface area contributed by atoms with Gasteiger partial charge in [-0.25, -0.2) is 18.7 Å². The highest BCUT2D eigenvalue weighted by atomic mass is 19.1. The first kappa shape index (κ1) is 23.0. The molecule has 3 aromatic rings. The first-order chi connectivity index (χ1) is 15.3. The summed E-state index contributed by atoms with van der Waals surface area (Å²) in [7, 11) is 0. The number of halogens is 2. The molecule has 0 amide bonds. The molecule has 1 aromatic carbocycles. The van der Waals surface area contributed by atoms with Crippen LogP contribution in [0.15, 0.2) is 53.4 Å². The summed E-state index contributed by atoms with van der Waals surface area (Å²) in [5.74, 6) is -1.05. The first-order valence-corrected chi connectivity index (χ1v) is 10.0. The van der Waals surface area contributed by atoms with E-state index in [0.29, 0.717) is 29.9 Å². The van der Waals surface area contributed by atoms with Gasteiger partial charge in [-0.15, -0.1) is 0 Å². The van der Waals surface area contributed by atoms with E-state index in [1.807, 2.05) is 13.8 Å². The summed E-state index contributed by atoms with van der Waals surface area (Å²) >= 11 is 0. The lowest BCUT2D eigenvalue weighted by atomic mass is 10.0. The molecule has 0 aliphatic heterocycles. The molecule has 0 saturated heterocycles. The highest BCUT2D eigenvalue weighted by Gasteiger charge is 2.18. The smallest absolute Gasteiger partial charge is 0.183 e. The number of rotatable bonds is 10. The fourth-order valence-electron chi connectivity index (χ4n) is 2.64. The van der Waals surface area contributed by atoms with E-state index in [2.05, 4.69) is 25.8 Å². The van der Waals surface area contributed by atoms with E-state index in [9.17, 15) is 8.78 Å². The van der Waals surface area contributed by atoms with Crippen LogP contribution in [0.4, 0.5) is 14.6 Å². The second kappa shape index (κ2) is 10.1. The molecule has 5 N–H and O–H groups in total. The topological polar surface area (TPSA) is 126 Å². The van der Waals surface area contributed by atoms with Crippen LogP contribution in [0.2, 0.25) is 0 Å². The Morgan fingerprint density at radius 2 is 2.03 bits per heavy atom. The Labute approximate surface area is 184 Å². The van der Waals surface area contributed by atoms with Gasteiger partial charge in [0.25, 0.3) is 0 Å². The van der Waals surface area contributed by atoms with Crippen LogP contribution in [0, 0.1) is 17.0 Å². The van der Waals surface area contributed by atoms with E-state index in [1.165, 1.54) is 18.4 Å². The third kappa shape index (κ3) is 5.94. The van der Waals surface area contributed by atoms with Crippen LogP contribution in [0.1, 0.15) is 37.4 Å². The summed E-state index contributed by atoms with van der Waals surface area (Å²) in [6, 6.07) is 7.95. The van der Waals surface area contributed by atoms with E-state index < -0.39 is 11.4 Å². The Kier molecular flexibility index (Phi) is 7.26. The van der Waals surface area contributed by atoms with Crippen molar-refractivity contribution in [1.82, 2.24) is 20.4 Å². The van der Waals surface area contributed by atoms with Gasteiger partial charge in [0.1, 0.15) is 23.5 Å². The van der Waals surface area contributed by atoms with Crippen LogP contribution in [-0.2, 0) is 6.54 Å². The van der Waals surface area contributed by atoms with E-state index in [-0.39, 0.29) is 29.7 Å². The number of nitrogens with one attached hydrogen (secondary N) is 3. The molecule has 1 unspecified atom stereocenters. The molecule has 2 aromatic heterocycles. The van der Waals surface area contributed by atoms with Crippen molar-refractivity contribution < 1.29 is 13.3 Å². The predicted octanol–water partition coefficient (Wildman–Crippen LogP) is 3.48. The molecule has 8 nitrogen and oxygen atoms in total. The molecule has 1 atom stereocenters. The van der Waals surface area contributed by atoms with E-state index in [4.69, 9.17) is 15.7 Å². The van der Waals surface area contributed by atoms with Crippen molar-refractivity contribution in [1.29, 1.82) is 5.41 Å². The Morgan fingerprint density at radius 3 is 2.72 bits per heavy atom. The van der Waals surface area contributed by atoms with Crippen molar-refractivity contribution in [3.8, 4) is 0 Å². The number of benzene rings is 1. The molecule has 0 aliphatic carbocycles. The van der Waals surface area contributed by atoms with Crippen LogP contribution in [0.25, 0.3) is 5.70 Å². The van der Waals surface area contributed by atoms with Crippen LogP contribution in [-0.4, -0.2) is 32.9 Å². The summed E-state index contributed by atoms with van der Waals surface area (Å²) in [5.41, 5.74) is 6.71. The van der Waals surface area contributed by atoms with Crippen molar-refractivity contribution in [3.05, 3.63) is 77.6 Å². The third-order valence-electron chi connectivity index (χ3n) is 4.88. The fraction of sp³-hybridized carbons (Fsp3) is 0.273. The van der Waals surface area contributed by atoms with Crippen molar-refractivity contribution >= 4 is 17.2 Å². The van der Waals surface area contributed by atoms with Gasteiger partial charge in [-0.3, -0.25) is 5.41 Å². The zero-order valence-corrected chi connectivity index (χ0v) is 17.8. The highest BCUT2D eigenvalue weighted by molar-refractivity contribution is 6.07. The van der Waals surface area contributed by atoms with Gasteiger partial charge in [-0.1, -0.05) is 30.3 Å². The van der Waals surface area contributed by atoms with Crippen molar-refractivity contribution in [3.63, 3.8) is 0 Å². The van der Waals surface area contributed by atoms with Crippen LogP contribution in [0.5, 0.6) is 0 Å². The molecule has 168 valence electrons. The monoisotopic (exact) mass is 441 g/mol. The average molecular weight is 441 g/mol. The molecular weight excluding hydrogens is 416 g/mol. The molecule has 0 fully saturated rings. The maximum absolute atomic E-state index is 14.2. The number of anilines is 1. The zero-order chi connectivity index (χ0) is 23.1. The molecule has 0 spiro atoms. The van der Waals surface area contributed by atoms with E-state index in [1.54, 1.807) is 24.3 Å². The van der Waals surface area contributed by atoms with E-state index >= 15 is 0 Å². The van der Waals surface area contributed by atoms with E-state index in [0.717, 1.165) is 6.20 Å². The number of allylic oxidation sites excluding steroid dienone is 1. The van der Waals surface area contributed by atoms with Crippen LogP contribution >= 0.6 is 0 Å². The average Bonchev–Trinajstić information content (AvgIpc) is 3.32. The van der Waals surface area contributed by atoms with Gasteiger partial charge in [0.2, 0.25) is 0 Å². The van der Waals surface area contributed by atoms with Crippen molar-refractivity contribution in [2.75, 3.05) is 11.9 Å². The number of nitrogens with zero attached hydrogens (tertiary/aromatic N) is 3. The summed E-state index contributed by atoms with van der Waals surface area (Å²) in [6.07, 6.45) is 4.49. The van der Waals surface area contributed by atoms with Crippen LogP contribution < -0.4 is 16.4 Å². The molecule has 3 rings (SSSR count). The lowest BCUT2D eigenvalue weighted by Gasteiger charge is -2.23. The van der Waals surface area contributed by atoms with Gasteiger partial charge in [-0.2, -0.15) is 0 Å². The molecular formula is C22H25F2N7O. The van der Waals surface area contributed by atoms with Gasteiger partial charge in [0, 0.05) is 30.3 Å². The standard InChI is InChI=1S/C22H25F2N7O/c1-3-22(2,26)13-29-20-16(24)12-28-21(30-20)17(25)10-19(18-8-9-32-31-18)27-11-14-6-4-5-7-15(14)23/h4-10,12,25,27H,3,11,13,26H2,1-2H3,(H,28,29,30)/b19-10-,25-17?. The molecule has 2 heterocycles. The molecule has 0 bridgehead atoms. The molecule has 0 aliphatic rings. The predicted molar refractivity (Wildman–Crippen MR) is 118 cm³/mol.